The van der Waals surface area contributed by atoms with Gasteiger partial charge in [0.25, 0.3) is 0 Å². The van der Waals surface area contributed by atoms with E-state index in [1.165, 1.54) is 5.56 Å². The number of rotatable bonds is 4. The number of hydrogen-bond acceptors (Lipinski definition) is 5. The number of aryl methyl sites for hydroxylation is 3. The van der Waals surface area contributed by atoms with E-state index in [-0.39, 0.29) is 0 Å². The molecule has 2 heterocycles. The number of fused-ring (bicyclic) bond motifs is 1. The lowest BCUT2D eigenvalue weighted by molar-refractivity contribution is 0.465. The molecule has 0 spiro atoms. The first-order chi connectivity index (χ1) is 9.80. The van der Waals surface area contributed by atoms with Crippen molar-refractivity contribution in [2.24, 2.45) is 0 Å². The molecule has 1 aliphatic carbocycles. The van der Waals surface area contributed by atoms with Gasteiger partial charge in [0.1, 0.15) is 17.6 Å². The maximum atomic E-state index is 9.22. The van der Waals surface area contributed by atoms with Crippen LogP contribution in [0.1, 0.15) is 41.8 Å². The van der Waals surface area contributed by atoms with E-state index in [9.17, 15) is 5.26 Å². The quantitative estimate of drug-likeness (QED) is 0.922. The molecule has 0 unspecified atom stereocenters. The lowest BCUT2D eigenvalue weighted by Crippen LogP contribution is -2.05. The highest BCUT2D eigenvalue weighted by Crippen LogP contribution is 2.25. The minimum absolute atomic E-state index is 0.445. The first kappa shape index (κ1) is 12.7. The number of aromatic nitrogens is 2. The summed E-state index contributed by atoms with van der Waals surface area (Å²) >= 11 is 0. The maximum Gasteiger partial charge on any atom is 0.213 e. The van der Waals surface area contributed by atoms with Crippen molar-refractivity contribution in [1.82, 2.24) is 9.97 Å². The molecule has 5 nitrogen and oxygen atoms in total. The van der Waals surface area contributed by atoms with E-state index in [0.717, 1.165) is 37.1 Å². The molecule has 0 radical (unpaired) electrons. The van der Waals surface area contributed by atoms with E-state index >= 15 is 0 Å². The standard InChI is InChI=1S/C15H16N4O/c1-2-12-8-17-14(20-12)9-18-15-11(7-16)6-10-4-3-5-13(10)19-15/h6,8H,2-5,9H2,1H3,(H,18,19). The Kier molecular flexibility index (Phi) is 3.38. The van der Waals surface area contributed by atoms with Gasteiger partial charge in [0, 0.05) is 12.1 Å². The molecule has 0 aliphatic heterocycles. The highest BCUT2D eigenvalue weighted by Gasteiger charge is 2.16. The van der Waals surface area contributed by atoms with Crippen molar-refractivity contribution >= 4 is 5.82 Å². The van der Waals surface area contributed by atoms with Crippen LogP contribution in [0.3, 0.4) is 0 Å². The molecule has 0 atom stereocenters. The molecule has 20 heavy (non-hydrogen) atoms. The van der Waals surface area contributed by atoms with Crippen LogP contribution in [0.4, 0.5) is 5.82 Å². The zero-order valence-electron chi connectivity index (χ0n) is 11.4. The molecule has 0 fully saturated rings. The summed E-state index contributed by atoms with van der Waals surface area (Å²) in [6.45, 7) is 2.47. The van der Waals surface area contributed by atoms with E-state index in [1.807, 2.05) is 13.0 Å². The van der Waals surface area contributed by atoms with Crippen LogP contribution in [0, 0.1) is 11.3 Å². The van der Waals surface area contributed by atoms with Gasteiger partial charge in [-0.1, -0.05) is 6.92 Å². The molecule has 5 heteroatoms. The topological polar surface area (TPSA) is 74.7 Å². The van der Waals surface area contributed by atoms with Crippen molar-refractivity contribution in [3.63, 3.8) is 0 Å². The summed E-state index contributed by atoms with van der Waals surface area (Å²) in [5, 5.41) is 12.4. The molecule has 1 aliphatic rings. The Bertz CT molecular complexity index is 669. The third-order valence-electron chi connectivity index (χ3n) is 3.53. The number of hydrogen-bond donors (Lipinski definition) is 1. The Morgan fingerprint density at radius 3 is 3.10 bits per heavy atom. The minimum Gasteiger partial charge on any atom is -0.444 e. The molecule has 0 saturated heterocycles. The van der Waals surface area contributed by atoms with E-state index in [2.05, 4.69) is 21.4 Å². The van der Waals surface area contributed by atoms with Crippen LogP contribution in [0.15, 0.2) is 16.7 Å². The largest absolute Gasteiger partial charge is 0.444 e. The fourth-order valence-electron chi connectivity index (χ4n) is 2.44. The van der Waals surface area contributed by atoms with E-state index in [4.69, 9.17) is 4.42 Å². The van der Waals surface area contributed by atoms with Gasteiger partial charge in [0.05, 0.1) is 18.3 Å². The Hall–Kier alpha value is -2.35. The second-order valence-corrected chi connectivity index (χ2v) is 4.88. The van der Waals surface area contributed by atoms with Crippen LogP contribution in [-0.2, 0) is 25.8 Å². The smallest absolute Gasteiger partial charge is 0.213 e. The third kappa shape index (κ3) is 2.37. The van der Waals surface area contributed by atoms with E-state index in [1.54, 1.807) is 6.20 Å². The predicted octanol–water partition coefficient (Wildman–Crippen LogP) is 2.60. The summed E-state index contributed by atoms with van der Waals surface area (Å²) in [6.07, 6.45) is 5.70. The lowest BCUT2D eigenvalue weighted by Gasteiger charge is -2.08. The summed E-state index contributed by atoms with van der Waals surface area (Å²) in [6, 6.07) is 4.15. The normalized spacial score (nSPS) is 13.0. The van der Waals surface area contributed by atoms with E-state index < -0.39 is 0 Å². The highest BCUT2D eigenvalue weighted by molar-refractivity contribution is 5.55. The van der Waals surface area contributed by atoms with Gasteiger partial charge >= 0.3 is 0 Å². The number of anilines is 1. The lowest BCUT2D eigenvalue weighted by atomic mass is 10.1. The molecule has 2 aromatic rings. The highest BCUT2D eigenvalue weighted by atomic mass is 16.4. The fraction of sp³-hybridized carbons (Fsp3) is 0.400. The van der Waals surface area contributed by atoms with Crippen molar-refractivity contribution < 1.29 is 4.42 Å². The van der Waals surface area contributed by atoms with Crippen molar-refractivity contribution in [2.75, 3.05) is 5.32 Å². The Labute approximate surface area is 117 Å². The zero-order valence-corrected chi connectivity index (χ0v) is 11.4. The third-order valence-corrected chi connectivity index (χ3v) is 3.53. The minimum atomic E-state index is 0.445. The van der Waals surface area contributed by atoms with Gasteiger partial charge in [0.2, 0.25) is 5.89 Å². The van der Waals surface area contributed by atoms with Gasteiger partial charge in [-0.2, -0.15) is 5.26 Å². The number of nitrogens with zero attached hydrogens (tertiary/aromatic N) is 3. The predicted molar refractivity (Wildman–Crippen MR) is 74.2 cm³/mol. The van der Waals surface area contributed by atoms with Crippen LogP contribution < -0.4 is 5.32 Å². The monoisotopic (exact) mass is 268 g/mol. The van der Waals surface area contributed by atoms with Crippen LogP contribution >= 0.6 is 0 Å². The fourth-order valence-corrected chi connectivity index (χ4v) is 2.44. The molecular formula is C15H16N4O. The number of pyridine rings is 1. The van der Waals surface area contributed by atoms with E-state index in [0.29, 0.717) is 23.8 Å². The Morgan fingerprint density at radius 1 is 1.45 bits per heavy atom. The van der Waals surface area contributed by atoms with Gasteiger partial charge in [-0.05, 0) is 30.9 Å². The van der Waals surface area contributed by atoms with Crippen LogP contribution in [0.2, 0.25) is 0 Å². The van der Waals surface area contributed by atoms with Crippen molar-refractivity contribution in [2.45, 2.75) is 39.2 Å². The first-order valence-corrected chi connectivity index (χ1v) is 6.90. The van der Waals surface area contributed by atoms with Gasteiger partial charge in [-0.3, -0.25) is 0 Å². The average Bonchev–Trinajstić information content (AvgIpc) is 3.12. The Balaban J connectivity index is 1.78. The van der Waals surface area contributed by atoms with Crippen LogP contribution in [-0.4, -0.2) is 9.97 Å². The van der Waals surface area contributed by atoms with Crippen molar-refractivity contribution in [3.8, 4) is 6.07 Å². The van der Waals surface area contributed by atoms with Gasteiger partial charge in [-0.25, -0.2) is 9.97 Å². The molecule has 2 aromatic heterocycles. The maximum absolute atomic E-state index is 9.22. The number of nitrogens with one attached hydrogen (secondary N) is 1. The summed E-state index contributed by atoms with van der Waals surface area (Å²) in [4.78, 5) is 8.75. The van der Waals surface area contributed by atoms with Crippen LogP contribution in [0.5, 0.6) is 0 Å². The van der Waals surface area contributed by atoms with Crippen molar-refractivity contribution in [1.29, 1.82) is 5.26 Å². The average molecular weight is 268 g/mol. The molecule has 0 bridgehead atoms. The summed E-state index contributed by atoms with van der Waals surface area (Å²) in [7, 11) is 0. The number of oxazole rings is 1. The van der Waals surface area contributed by atoms with Crippen molar-refractivity contribution in [3.05, 3.63) is 40.7 Å². The number of nitriles is 1. The Morgan fingerprint density at radius 2 is 2.35 bits per heavy atom. The molecule has 0 aromatic carbocycles. The molecule has 3 rings (SSSR count). The summed E-state index contributed by atoms with van der Waals surface area (Å²) in [5.74, 6) is 2.11. The summed E-state index contributed by atoms with van der Waals surface area (Å²) < 4.78 is 5.54. The molecule has 0 amide bonds. The molecule has 102 valence electrons. The molecule has 1 N–H and O–H groups in total. The second kappa shape index (κ2) is 5.33. The second-order valence-electron chi connectivity index (χ2n) is 4.88. The summed E-state index contributed by atoms with van der Waals surface area (Å²) in [5.41, 5.74) is 2.90. The van der Waals surface area contributed by atoms with Crippen LogP contribution in [0.25, 0.3) is 0 Å². The molecule has 0 saturated carbocycles. The van der Waals surface area contributed by atoms with Gasteiger partial charge in [-0.15, -0.1) is 0 Å². The van der Waals surface area contributed by atoms with Gasteiger partial charge < -0.3 is 9.73 Å². The first-order valence-electron chi connectivity index (χ1n) is 6.90. The zero-order chi connectivity index (χ0) is 13.9. The van der Waals surface area contributed by atoms with Gasteiger partial charge in [0.15, 0.2) is 0 Å². The SMILES string of the molecule is CCc1cnc(CNc2nc3c(cc2C#N)CCC3)o1. The molecular weight excluding hydrogens is 252 g/mol.